The first-order valence-electron chi connectivity index (χ1n) is 3.34. The van der Waals surface area contributed by atoms with E-state index in [0.29, 0.717) is 6.42 Å². The first-order valence-corrected chi connectivity index (χ1v) is 4.54. The summed E-state index contributed by atoms with van der Waals surface area (Å²) in [6.07, 6.45) is 0.453. The summed E-state index contributed by atoms with van der Waals surface area (Å²) in [7, 11) is 0. The minimum Gasteiger partial charge on any atom is -0.409 e. The van der Waals surface area contributed by atoms with Crippen molar-refractivity contribution in [1.29, 1.82) is 0 Å². The Bertz CT molecular complexity index is 289. The molecule has 0 spiro atoms. The summed E-state index contributed by atoms with van der Waals surface area (Å²) in [6, 6.07) is 1.83. The maximum Gasteiger partial charge on any atom is 0.144 e. The molecule has 5 heteroatoms. The van der Waals surface area contributed by atoms with E-state index in [0.717, 1.165) is 14.8 Å². The standard InChI is InChI=1S/C7H9ClN2OS/c1-4-6(8)2-5(12-4)3-7(9)10-11/h2,11H,3H2,1H3,(H2,9,10). The Labute approximate surface area is 79.5 Å². The smallest absolute Gasteiger partial charge is 0.144 e. The van der Waals surface area contributed by atoms with Gasteiger partial charge in [0, 0.05) is 16.2 Å². The van der Waals surface area contributed by atoms with Gasteiger partial charge in [-0.2, -0.15) is 0 Å². The summed E-state index contributed by atoms with van der Waals surface area (Å²) in [5.74, 6) is 0.202. The Hall–Kier alpha value is -0.740. The molecule has 0 aliphatic heterocycles. The monoisotopic (exact) mass is 204 g/mol. The molecule has 0 amide bonds. The van der Waals surface area contributed by atoms with Crippen molar-refractivity contribution in [3.05, 3.63) is 20.8 Å². The number of oxime groups is 1. The van der Waals surface area contributed by atoms with Crippen molar-refractivity contribution in [2.45, 2.75) is 13.3 Å². The fraction of sp³-hybridized carbons (Fsp3) is 0.286. The van der Waals surface area contributed by atoms with Crippen LogP contribution in [0.3, 0.4) is 0 Å². The highest BCUT2D eigenvalue weighted by molar-refractivity contribution is 7.12. The Morgan fingerprint density at radius 2 is 2.50 bits per heavy atom. The SMILES string of the molecule is Cc1sc(C/C(N)=N/O)cc1Cl. The largest absolute Gasteiger partial charge is 0.409 e. The predicted octanol–water partition coefficient (Wildman–Crippen LogP) is 2.00. The van der Waals surface area contributed by atoms with Crippen LogP contribution in [0.15, 0.2) is 11.2 Å². The van der Waals surface area contributed by atoms with E-state index in [9.17, 15) is 0 Å². The van der Waals surface area contributed by atoms with Crippen molar-refractivity contribution in [3.63, 3.8) is 0 Å². The van der Waals surface area contributed by atoms with Crippen molar-refractivity contribution in [2.24, 2.45) is 10.9 Å². The van der Waals surface area contributed by atoms with Gasteiger partial charge in [-0.05, 0) is 13.0 Å². The van der Waals surface area contributed by atoms with Gasteiger partial charge in [-0.3, -0.25) is 0 Å². The highest BCUT2D eigenvalue weighted by atomic mass is 35.5. The average Bonchev–Trinajstić information content (AvgIpc) is 2.31. The fourth-order valence-corrected chi connectivity index (χ4v) is 2.08. The molecule has 0 saturated heterocycles. The third-order valence-corrected chi connectivity index (χ3v) is 2.95. The molecular formula is C7H9ClN2OS. The lowest BCUT2D eigenvalue weighted by molar-refractivity contribution is 0.317. The molecule has 0 radical (unpaired) electrons. The Balaban J connectivity index is 2.77. The molecule has 1 rings (SSSR count). The van der Waals surface area contributed by atoms with E-state index < -0.39 is 0 Å². The molecule has 0 aliphatic rings. The molecule has 0 fully saturated rings. The van der Waals surface area contributed by atoms with Crippen molar-refractivity contribution in [1.82, 2.24) is 0 Å². The van der Waals surface area contributed by atoms with E-state index in [1.165, 1.54) is 0 Å². The second-order valence-corrected chi connectivity index (χ2v) is 4.13. The lowest BCUT2D eigenvalue weighted by Crippen LogP contribution is -2.13. The van der Waals surface area contributed by atoms with E-state index >= 15 is 0 Å². The lowest BCUT2D eigenvalue weighted by atomic mass is 10.3. The summed E-state index contributed by atoms with van der Waals surface area (Å²) in [4.78, 5) is 2.06. The summed E-state index contributed by atoms with van der Waals surface area (Å²) in [5.41, 5.74) is 5.33. The number of hydrogen-bond donors (Lipinski definition) is 2. The van der Waals surface area contributed by atoms with Crippen molar-refractivity contribution >= 4 is 28.8 Å². The zero-order valence-electron chi connectivity index (χ0n) is 6.54. The molecule has 1 aromatic rings. The second-order valence-electron chi connectivity index (χ2n) is 2.38. The van der Waals surface area contributed by atoms with E-state index in [1.54, 1.807) is 11.3 Å². The van der Waals surface area contributed by atoms with Crippen LogP contribution in [0, 0.1) is 6.92 Å². The number of nitrogens with zero attached hydrogens (tertiary/aromatic N) is 1. The average molecular weight is 205 g/mol. The van der Waals surface area contributed by atoms with Crippen molar-refractivity contribution < 1.29 is 5.21 Å². The van der Waals surface area contributed by atoms with Gasteiger partial charge in [-0.25, -0.2) is 0 Å². The maximum absolute atomic E-state index is 8.31. The van der Waals surface area contributed by atoms with E-state index in [4.69, 9.17) is 22.5 Å². The quantitative estimate of drug-likeness (QED) is 0.335. The number of halogens is 1. The molecule has 66 valence electrons. The van der Waals surface area contributed by atoms with Gasteiger partial charge in [-0.1, -0.05) is 16.8 Å². The third-order valence-electron chi connectivity index (χ3n) is 1.39. The number of rotatable bonds is 2. The third kappa shape index (κ3) is 2.12. The van der Waals surface area contributed by atoms with Crippen molar-refractivity contribution in [2.75, 3.05) is 0 Å². The summed E-state index contributed by atoms with van der Waals surface area (Å²) in [6.45, 7) is 1.93. The molecule has 3 nitrogen and oxygen atoms in total. The van der Waals surface area contributed by atoms with Gasteiger partial charge in [0.1, 0.15) is 5.84 Å². The second kappa shape index (κ2) is 3.78. The molecule has 0 saturated carbocycles. The van der Waals surface area contributed by atoms with E-state index in [-0.39, 0.29) is 5.84 Å². The molecule has 0 bridgehead atoms. The Kier molecular flexibility index (Phi) is 2.94. The van der Waals surface area contributed by atoms with Gasteiger partial charge < -0.3 is 10.9 Å². The first kappa shape index (κ1) is 9.35. The maximum atomic E-state index is 8.31. The fourth-order valence-electron chi connectivity index (χ4n) is 0.819. The Morgan fingerprint density at radius 1 is 1.83 bits per heavy atom. The van der Waals surface area contributed by atoms with Crippen LogP contribution in [0.4, 0.5) is 0 Å². The minimum absolute atomic E-state index is 0.202. The van der Waals surface area contributed by atoms with Crippen molar-refractivity contribution in [3.8, 4) is 0 Å². The highest BCUT2D eigenvalue weighted by Gasteiger charge is 2.04. The summed E-state index contributed by atoms with van der Waals surface area (Å²) >= 11 is 7.38. The first-order chi connectivity index (χ1) is 5.63. The van der Waals surface area contributed by atoms with Gasteiger partial charge in [0.25, 0.3) is 0 Å². The number of thiophene rings is 1. The molecule has 3 N–H and O–H groups in total. The number of aryl methyl sites for hydroxylation is 1. The van der Waals surface area contributed by atoms with Crippen LogP contribution in [-0.2, 0) is 6.42 Å². The van der Waals surface area contributed by atoms with Crippen LogP contribution in [0.5, 0.6) is 0 Å². The summed E-state index contributed by atoms with van der Waals surface area (Å²) < 4.78 is 0. The molecule has 0 unspecified atom stereocenters. The number of nitrogens with two attached hydrogens (primary N) is 1. The van der Waals surface area contributed by atoms with Crippen LogP contribution in [0.25, 0.3) is 0 Å². The topological polar surface area (TPSA) is 58.6 Å². The van der Waals surface area contributed by atoms with Crippen LogP contribution >= 0.6 is 22.9 Å². The van der Waals surface area contributed by atoms with Gasteiger partial charge in [0.15, 0.2) is 0 Å². The molecule has 12 heavy (non-hydrogen) atoms. The van der Waals surface area contributed by atoms with Crippen LogP contribution in [-0.4, -0.2) is 11.0 Å². The number of hydrogen-bond acceptors (Lipinski definition) is 3. The van der Waals surface area contributed by atoms with E-state index in [1.807, 2.05) is 13.0 Å². The molecule has 0 atom stereocenters. The van der Waals surface area contributed by atoms with Crippen LogP contribution < -0.4 is 5.73 Å². The molecule has 0 aliphatic carbocycles. The molecule has 1 heterocycles. The van der Waals surface area contributed by atoms with Crippen LogP contribution in [0.1, 0.15) is 9.75 Å². The van der Waals surface area contributed by atoms with Gasteiger partial charge >= 0.3 is 0 Å². The highest BCUT2D eigenvalue weighted by Crippen LogP contribution is 2.25. The van der Waals surface area contributed by atoms with Gasteiger partial charge in [0.2, 0.25) is 0 Å². The Morgan fingerprint density at radius 3 is 2.92 bits per heavy atom. The zero-order valence-corrected chi connectivity index (χ0v) is 8.11. The van der Waals surface area contributed by atoms with Gasteiger partial charge in [0.05, 0.1) is 5.02 Å². The van der Waals surface area contributed by atoms with E-state index in [2.05, 4.69) is 5.16 Å². The summed E-state index contributed by atoms with van der Waals surface area (Å²) in [5, 5.41) is 11.9. The minimum atomic E-state index is 0.202. The zero-order chi connectivity index (χ0) is 9.14. The molecule has 1 aromatic heterocycles. The number of amidine groups is 1. The lowest BCUT2D eigenvalue weighted by Gasteiger charge is -1.92. The van der Waals surface area contributed by atoms with Crippen LogP contribution in [0.2, 0.25) is 5.02 Å². The predicted molar refractivity (Wildman–Crippen MR) is 51.2 cm³/mol. The van der Waals surface area contributed by atoms with Gasteiger partial charge in [-0.15, -0.1) is 11.3 Å². The molecular weight excluding hydrogens is 196 g/mol. The normalized spacial score (nSPS) is 12.0. The molecule has 0 aromatic carbocycles.